The monoisotopic (exact) mass is 269 g/mol. The number of aryl methyl sites for hydroxylation is 1. The number of hydrogen-bond acceptors (Lipinski definition) is 3. The minimum atomic E-state index is -0.498. The predicted octanol–water partition coefficient (Wildman–Crippen LogP) is 1.86. The van der Waals surface area contributed by atoms with Crippen molar-refractivity contribution in [2.45, 2.75) is 19.9 Å². The molecule has 5 nitrogen and oxygen atoms in total. The SMILES string of the molecule is Cc1ccc(C(=O)N(C)C(C)C(N)=NO)cc1Cl. The van der Waals surface area contributed by atoms with E-state index in [4.69, 9.17) is 22.5 Å². The summed E-state index contributed by atoms with van der Waals surface area (Å²) in [4.78, 5) is 13.5. The van der Waals surface area contributed by atoms with Crippen molar-refractivity contribution in [3.05, 3.63) is 34.3 Å². The largest absolute Gasteiger partial charge is 0.409 e. The van der Waals surface area contributed by atoms with Crippen LogP contribution in [0.2, 0.25) is 5.02 Å². The van der Waals surface area contributed by atoms with Gasteiger partial charge in [-0.05, 0) is 31.5 Å². The molecule has 0 aliphatic rings. The molecule has 18 heavy (non-hydrogen) atoms. The maximum Gasteiger partial charge on any atom is 0.254 e. The Kier molecular flexibility index (Phi) is 4.55. The molecule has 0 heterocycles. The zero-order valence-electron chi connectivity index (χ0n) is 10.5. The number of nitrogens with zero attached hydrogens (tertiary/aromatic N) is 2. The molecule has 0 saturated carbocycles. The lowest BCUT2D eigenvalue weighted by Crippen LogP contribution is -2.43. The molecule has 0 fully saturated rings. The number of halogens is 1. The van der Waals surface area contributed by atoms with Crippen molar-refractivity contribution >= 4 is 23.3 Å². The molecule has 1 amide bonds. The van der Waals surface area contributed by atoms with E-state index in [1.165, 1.54) is 4.90 Å². The van der Waals surface area contributed by atoms with E-state index in [-0.39, 0.29) is 11.7 Å². The molecule has 0 aliphatic carbocycles. The van der Waals surface area contributed by atoms with Crippen LogP contribution in [0.15, 0.2) is 23.4 Å². The normalized spacial score (nSPS) is 13.2. The van der Waals surface area contributed by atoms with Crippen molar-refractivity contribution in [1.82, 2.24) is 4.90 Å². The van der Waals surface area contributed by atoms with Gasteiger partial charge in [-0.25, -0.2) is 0 Å². The Hall–Kier alpha value is -1.75. The molecule has 1 unspecified atom stereocenters. The Bertz CT molecular complexity index is 488. The van der Waals surface area contributed by atoms with Gasteiger partial charge in [-0.3, -0.25) is 4.79 Å². The van der Waals surface area contributed by atoms with E-state index in [1.807, 2.05) is 6.92 Å². The van der Waals surface area contributed by atoms with Crippen molar-refractivity contribution in [1.29, 1.82) is 0 Å². The third kappa shape index (κ3) is 2.92. The first-order valence-electron chi connectivity index (χ1n) is 5.39. The van der Waals surface area contributed by atoms with Gasteiger partial charge in [-0.2, -0.15) is 0 Å². The number of benzene rings is 1. The first-order chi connectivity index (χ1) is 8.38. The number of carbonyl (C=O) groups excluding carboxylic acids is 1. The van der Waals surface area contributed by atoms with Crippen LogP contribution in [0, 0.1) is 6.92 Å². The number of amides is 1. The molecular weight excluding hydrogens is 254 g/mol. The van der Waals surface area contributed by atoms with Gasteiger partial charge in [0.2, 0.25) is 0 Å². The fourth-order valence-electron chi connectivity index (χ4n) is 1.39. The first kappa shape index (κ1) is 14.3. The predicted molar refractivity (Wildman–Crippen MR) is 71.2 cm³/mol. The van der Waals surface area contributed by atoms with Crippen LogP contribution in [0.5, 0.6) is 0 Å². The average molecular weight is 270 g/mol. The first-order valence-corrected chi connectivity index (χ1v) is 5.77. The van der Waals surface area contributed by atoms with Crippen LogP contribution in [0.3, 0.4) is 0 Å². The van der Waals surface area contributed by atoms with Gasteiger partial charge in [0.15, 0.2) is 5.84 Å². The highest BCUT2D eigenvalue weighted by Crippen LogP contribution is 2.18. The fraction of sp³-hybridized carbons (Fsp3) is 0.333. The molecule has 0 radical (unpaired) electrons. The number of rotatable bonds is 3. The molecule has 1 rings (SSSR count). The highest BCUT2D eigenvalue weighted by molar-refractivity contribution is 6.31. The van der Waals surface area contributed by atoms with Crippen LogP contribution in [-0.4, -0.2) is 34.9 Å². The highest BCUT2D eigenvalue weighted by atomic mass is 35.5. The molecule has 1 aromatic carbocycles. The van der Waals surface area contributed by atoms with Crippen molar-refractivity contribution in [3.8, 4) is 0 Å². The van der Waals surface area contributed by atoms with Gasteiger partial charge < -0.3 is 15.8 Å². The smallest absolute Gasteiger partial charge is 0.254 e. The Morgan fingerprint density at radius 1 is 1.56 bits per heavy atom. The lowest BCUT2D eigenvalue weighted by molar-refractivity contribution is 0.0776. The quantitative estimate of drug-likeness (QED) is 0.380. The summed E-state index contributed by atoms with van der Waals surface area (Å²) in [5, 5.41) is 12.0. The summed E-state index contributed by atoms with van der Waals surface area (Å²) in [6.07, 6.45) is 0. The van der Waals surface area contributed by atoms with Crippen LogP contribution in [0.1, 0.15) is 22.8 Å². The molecule has 98 valence electrons. The van der Waals surface area contributed by atoms with E-state index >= 15 is 0 Å². The van der Waals surface area contributed by atoms with E-state index in [0.29, 0.717) is 10.6 Å². The van der Waals surface area contributed by atoms with Crippen molar-refractivity contribution < 1.29 is 10.0 Å². The molecule has 0 aromatic heterocycles. The Balaban J connectivity index is 2.96. The minimum absolute atomic E-state index is 0.0240. The lowest BCUT2D eigenvalue weighted by Gasteiger charge is -2.23. The van der Waals surface area contributed by atoms with Crippen LogP contribution < -0.4 is 5.73 Å². The molecule has 1 aromatic rings. The van der Waals surface area contributed by atoms with Gasteiger partial charge in [0.05, 0.1) is 6.04 Å². The van der Waals surface area contributed by atoms with Crippen LogP contribution in [0.25, 0.3) is 0 Å². The number of nitrogens with two attached hydrogens (primary N) is 1. The van der Waals surface area contributed by atoms with Crippen LogP contribution in [0.4, 0.5) is 0 Å². The fourth-order valence-corrected chi connectivity index (χ4v) is 1.57. The van der Waals surface area contributed by atoms with Crippen molar-refractivity contribution in [3.63, 3.8) is 0 Å². The molecule has 0 bridgehead atoms. The second-order valence-electron chi connectivity index (χ2n) is 4.08. The number of hydrogen-bond donors (Lipinski definition) is 2. The van der Waals surface area contributed by atoms with E-state index in [0.717, 1.165) is 5.56 Å². The topological polar surface area (TPSA) is 78.9 Å². The van der Waals surface area contributed by atoms with Crippen molar-refractivity contribution in [2.75, 3.05) is 7.05 Å². The summed E-state index contributed by atoms with van der Waals surface area (Å²) in [5.74, 6) is -0.264. The number of likely N-dealkylation sites (N-methyl/N-ethyl adjacent to an activating group) is 1. The van der Waals surface area contributed by atoms with E-state index in [9.17, 15) is 4.79 Å². The summed E-state index contributed by atoms with van der Waals surface area (Å²) in [6, 6.07) is 4.58. The standard InChI is InChI=1S/C12H16ClN3O2/c1-7-4-5-9(6-10(7)13)12(17)16(3)8(2)11(14)15-18/h4-6,8,18H,1-3H3,(H2,14,15). The summed E-state index contributed by atoms with van der Waals surface area (Å²) in [6.45, 7) is 3.53. The molecule has 1 atom stereocenters. The average Bonchev–Trinajstić information content (AvgIpc) is 2.38. The Morgan fingerprint density at radius 2 is 2.17 bits per heavy atom. The van der Waals surface area contributed by atoms with Gasteiger partial charge in [0.25, 0.3) is 5.91 Å². The van der Waals surface area contributed by atoms with Gasteiger partial charge >= 0.3 is 0 Å². The molecule has 0 aliphatic heterocycles. The highest BCUT2D eigenvalue weighted by Gasteiger charge is 2.20. The van der Waals surface area contributed by atoms with E-state index in [2.05, 4.69) is 5.16 Å². The van der Waals surface area contributed by atoms with Gasteiger partial charge in [-0.1, -0.05) is 22.8 Å². The molecule has 0 saturated heterocycles. The number of carbonyl (C=O) groups is 1. The zero-order valence-corrected chi connectivity index (χ0v) is 11.3. The lowest BCUT2D eigenvalue weighted by atomic mass is 10.1. The van der Waals surface area contributed by atoms with Gasteiger partial charge in [0, 0.05) is 17.6 Å². The van der Waals surface area contributed by atoms with E-state index < -0.39 is 6.04 Å². The number of amidine groups is 1. The third-order valence-electron chi connectivity index (χ3n) is 2.86. The summed E-state index contributed by atoms with van der Waals surface area (Å²) in [5.41, 5.74) is 6.83. The van der Waals surface area contributed by atoms with Crippen LogP contribution >= 0.6 is 11.6 Å². The zero-order chi connectivity index (χ0) is 13.9. The van der Waals surface area contributed by atoms with Crippen molar-refractivity contribution in [2.24, 2.45) is 10.9 Å². The second-order valence-corrected chi connectivity index (χ2v) is 4.49. The Labute approximate surface area is 111 Å². The van der Waals surface area contributed by atoms with Gasteiger partial charge in [-0.15, -0.1) is 0 Å². The molecule has 6 heteroatoms. The minimum Gasteiger partial charge on any atom is -0.409 e. The third-order valence-corrected chi connectivity index (χ3v) is 3.27. The molecule has 3 N–H and O–H groups in total. The molecular formula is C12H16ClN3O2. The summed E-state index contributed by atoms with van der Waals surface area (Å²) >= 11 is 5.97. The number of oxime groups is 1. The summed E-state index contributed by atoms with van der Waals surface area (Å²) in [7, 11) is 1.58. The van der Waals surface area contributed by atoms with Crippen LogP contribution in [-0.2, 0) is 0 Å². The summed E-state index contributed by atoms with van der Waals surface area (Å²) < 4.78 is 0. The maximum atomic E-state index is 12.1. The Morgan fingerprint density at radius 3 is 2.67 bits per heavy atom. The molecule has 0 spiro atoms. The van der Waals surface area contributed by atoms with Gasteiger partial charge in [0.1, 0.15) is 0 Å². The maximum absolute atomic E-state index is 12.1. The van der Waals surface area contributed by atoms with E-state index in [1.54, 1.807) is 32.2 Å². The second kappa shape index (κ2) is 5.73.